The third-order valence-electron chi connectivity index (χ3n) is 11.1. The number of pyridine rings is 1. The number of hydrogen-bond acceptors (Lipinski definition) is 15. The molecule has 0 aliphatic carbocycles. The van der Waals surface area contributed by atoms with E-state index in [4.69, 9.17) is 24.8 Å². The summed E-state index contributed by atoms with van der Waals surface area (Å²) in [5.41, 5.74) is 12.4. The standard InChI is InChI=1S/C51H87N13O12/c1-40(2)62-63-43-23-22-41(39-59-43)50(72)57-29-12-4-7-19-44(65)53-26-10-3-6-18-45(66)54-28-13-9-17-42(61-48(69)25-24-47(68)55-27-11-5-8-21-49(70)71)51(73)58-31-16-34-75-36-38-76-37-35-74-33-15-30-56-46(67)20-14-32-60-64-52/h22-23,39,42H,3-21,24-38H2,1-2H3,(H,53,65)(H,54,66)(H,55,68)(H,56,67)(H,57,72)(H,58,73)(H,59,63)(H,61,69)(H,70,71)/t42-/m0/s1. The molecule has 76 heavy (non-hydrogen) atoms. The number of aromatic nitrogens is 1. The predicted octanol–water partition coefficient (Wildman–Crippen LogP) is 4.32. The van der Waals surface area contributed by atoms with Crippen LogP contribution in [0.15, 0.2) is 28.5 Å². The molecule has 0 aromatic carbocycles. The van der Waals surface area contributed by atoms with Crippen molar-refractivity contribution in [2.24, 2.45) is 10.2 Å². The molecule has 1 rings (SSSR count). The van der Waals surface area contributed by atoms with Gasteiger partial charge in [-0.15, -0.1) is 0 Å². The van der Waals surface area contributed by atoms with Crippen molar-refractivity contribution in [3.8, 4) is 0 Å². The Morgan fingerprint density at radius 2 is 1.03 bits per heavy atom. The number of azide groups is 1. The number of carbonyl (C=O) groups excluding carboxylic acids is 7. The van der Waals surface area contributed by atoms with E-state index in [1.165, 1.54) is 6.20 Å². The van der Waals surface area contributed by atoms with Gasteiger partial charge in [0.1, 0.15) is 11.9 Å². The second-order valence-electron chi connectivity index (χ2n) is 18.1. The van der Waals surface area contributed by atoms with Crippen molar-refractivity contribution in [2.45, 2.75) is 155 Å². The molecular formula is C51H87N13O12. The van der Waals surface area contributed by atoms with Crippen molar-refractivity contribution in [1.29, 1.82) is 0 Å². The highest BCUT2D eigenvalue weighted by Gasteiger charge is 2.21. The second kappa shape index (κ2) is 47.1. The number of hydrazone groups is 1. The molecule has 0 aliphatic rings. The Bertz CT molecular complexity index is 1900. The van der Waals surface area contributed by atoms with Crippen molar-refractivity contribution in [1.82, 2.24) is 42.2 Å². The average Bonchev–Trinajstić information content (AvgIpc) is 3.39. The summed E-state index contributed by atoms with van der Waals surface area (Å²) in [5, 5.41) is 36.1. The van der Waals surface area contributed by atoms with E-state index in [9.17, 15) is 38.4 Å². The zero-order chi connectivity index (χ0) is 55.7. The molecule has 0 bridgehead atoms. The van der Waals surface area contributed by atoms with Crippen molar-refractivity contribution in [2.75, 3.05) is 90.9 Å². The van der Waals surface area contributed by atoms with Gasteiger partial charge in [0.05, 0.1) is 32.0 Å². The first kappa shape index (κ1) is 67.6. The fourth-order valence-electron chi connectivity index (χ4n) is 6.90. The van der Waals surface area contributed by atoms with Crippen molar-refractivity contribution in [3.05, 3.63) is 34.3 Å². The van der Waals surface area contributed by atoms with Crippen molar-refractivity contribution in [3.63, 3.8) is 0 Å². The van der Waals surface area contributed by atoms with Gasteiger partial charge in [-0.1, -0.05) is 24.4 Å². The number of rotatable bonds is 49. The number of carboxylic acids is 1. The molecule has 7 amide bonds. The Morgan fingerprint density at radius 3 is 1.55 bits per heavy atom. The van der Waals surface area contributed by atoms with Crippen LogP contribution in [0.4, 0.5) is 5.82 Å². The maximum atomic E-state index is 13.2. The quantitative estimate of drug-likeness (QED) is 0.0110. The molecule has 0 fully saturated rings. The number of hydrogen-bond donors (Lipinski definition) is 9. The Morgan fingerprint density at radius 1 is 0.553 bits per heavy atom. The molecule has 0 unspecified atom stereocenters. The molecule has 428 valence electrons. The van der Waals surface area contributed by atoms with Crippen LogP contribution in [0.1, 0.15) is 159 Å². The molecular weight excluding hydrogens is 987 g/mol. The Kier molecular flexibility index (Phi) is 41.8. The van der Waals surface area contributed by atoms with Crippen LogP contribution in [0.2, 0.25) is 0 Å². The van der Waals surface area contributed by atoms with E-state index in [1.807, 2.05) is 13.8 Å². The summed E-state index contributed by atoms with van der Waals surface area (Å²) < 4.78 is 16.6. The lowest BCUT2D eigenvalue weighted by molar-refractivity contribution is -0.137. The number of nitrogens with one attached hydrogen (secondary N) is 8. The molecule has 25 nitrogen and oxygen atoms in total. The molecule has 0 saturated carbocycles. The molecule has 0 radical (unpaired) electrons. The highest BCUT2D eigenvalue weighted by molar-refractivity contribution is 5.94. The van der Waals surface area contributed by atoms with Gasteiger partial charge in [0.2, 0.25) is 35.4 Å². The maximum absolute atomic E-state index is 13.2. The first-order chi connectivity index (χ1) is 36.8. The van der Waals surface area contributed by atoms with Gasteiger partial charge in [-0.25, -0.2) is 4.98 Å². The highest BCUT2D eigenvalue weighted by Crippen LogP contribution is 2.08. The van der Waals surface area contributed by atoms with Gasteiger partial charge in [0, 0.05) is 114 Å². The zero-order valence-corrected chi connectivity index (χ0v) is 45.0. The Balaban J connectivity index is 2.27. The minimum atomic E-state index is -0.863. The summed E-state index contributed by atoms with van der Waals surface area (Å²) in [6.45, 7) is 8.95. The third kappa shape index (κ3) is 41.9. The molecule has 0 spiro atoms. The Labute approximate surface area is 447 Å². The third-order valence-corrected chi connectivity index (χ3v) is 11.1. The lowest BCUT2D eigenvalue weighted by Crippen LogP contribution is -2.47. The first-order valence-electron chi connectivity index (χ1n) is 26.9. The number of amides is 7. The topological polar surface area (TPSA) is 355 Å². The largest absolute Gasteiger partial charge is 0.481 e. The summed E-state index contributed by atoms with van der Waals surface area (Å²) >= 11 is 0. The van der Waals surface area contributed by atoms with Gasteiger partial charge >= 0.3 is 5.97 Å². The van der Waals surface area contributed by atoms with Crippen LogP contribution in [0.25, 0.3) is 10.4 Å². The number of carbonyl (C=O) groups is 8. The zero-order valence-electron chi connectivity index (χ0n) is 45.0. The molecule has 9 N–H and O–H groups in total. The van der Waals surface area contributed by atoms with E-state index < -0.39 is 17.9 Å². The summed E-state index contributed by atoms with van der Waals surface area (Å²) in [6.07, 6.45) is 11.8. The van der Waals surface area contributed by atoms with Crippen LogP contribution in [0, 0.1) is 0 Å². The molecule has 1 atom stereocenters. The van der Waals surface area contributed by atoms with Crippen LogP contribution < -0.4 is 42.6 Å². The lowest BCUT2D eigenvalue weighted by atomic mass is 10.1. The predicted molar refractivity (Wildman–Crippen MR) is 287 cm³/mol. The van der Waals surface area contributed by atoms with E-state index >= 15 is 0 Å². The van der Waals surface area contributed by atoms with Gasteiger partial charge in [-0.05, 0) is 109 Å². The van der Waals surface area contributed by atoms with Crippen LogP contribution in [0.5, 0.6) is 0 Å². The molecule has 0 saturated heterocycles. The number of ether oxygens (including phenoxy) is 3. The smallest absolute Gasteiger partial charge is 0.303 e. The van der Waals surface area contributed by atoms with Gasteiger partial charge in [0.15, 0.2) is 0 Å². The molecule has 25 heteroatoms. The number of carboxylic acid groups (broad SMARTS) is 1. The van der Waals surface area contributed by atoms with Crippen LogP contribution in [0.3, 0.4) is 0 Å². The highest BCUT2D eigenvalue weighted by atomic mass is 16.5. The Hall–Kier alpha value is -6.43. The van der Waals surface area contributed by atoms with E-state index in [2.05, 4.69) is 62.8 Å². The monoisotopic (exact) mass is 1070 g/mol. The number of nitrogens with zero attached hydrogens (tertiary/aromatic N) is 5. The van der Waals surface area contributed by atoms with E-state index in [1.54, 1.807) is 12.1 Å². The summed E-state index contributed by atoms with van der Waals surface area (Å²) in [7, 11) is 0. The SMILES string of the molecule is CC(C)=NNc1ccc(C(=O)NCCCCCC(=O)NCCCCCC(=O)NCCCC[C@H](NC(=O)CCC(=O)NCCCCCC(=O)O)C(=O)NCCCOCCOCCOCCCNC(=O)CCCN=[N+]=[N-])cn1. The minimum Gasteiger partial charge on any atom is -0.481 e. The summed E-state index contributed by atoms with van der Waals surface area (Å²) in [6, 6.07) is 2.52. The fourth-order valence-corrected chi connectivity index (χ4v) is 6.90. The second-order valence-corrected chi connectivity index (χ2v) is 18.1. The van der Waals surface area contributed by atoms with Gasteiger partial charge in [-0.2, -0.15) is 5.10 Å². The lowest BCUT2D eigenvalue weighted by Gasteiger charge is -2.19. The number of unbranched alkanes of at least 4 members (excludes halogenated alkanes) is 7. The minimum absolute atomic E-state index is 0.0268. The molecule has 0 aliphatic heterocycles. The van der Waals surface area contributed by atoms with Crippen molar-refractivity contribution >= 4 is 58.8 Å². The average molecular weight is 1070 g/mol. The van der Waals surface area contributed by atoms with Crippen molar-refractivity contribution < 1.29 is 57.7 Å². The maximum Gasteiger partial charge on any atom is 0.303 e. The molecule has 1 heterocycles. The number of anilines is 1. The van der Waals surface area contributed by atoms with Crippen LogP contribution in [-0.4, -0.2) is 155 Å². The number of aliphatic carboxylic acids is 1. The van der Waals surface area contributed by atoms with E-state index in [0.29, 0.717) is 187 Å². The van der Waals surface area contributed by atoms with Gasteiger partial charge < -0.3 is 56.5 Å². The van der Waals surface area contributed by atoms with Crippen LogP contribution >= 0.6 is 0 Å². The first-order valence-corrected chi connectivity index (χ1v) is 26.9. The van der Waals surface area contributed by atoms with Crippen LogP contribution in [-0.2, 0) is 47.8 Å². The summed E-state index contributed by atoms with van der Waals surface area (Å²) in [4.78, 5) is 105. The molecule has 1 aromatic rings. The fraction of sp³-hybridized carbons (Fsp3) is 0.725. The van der Waals surface area contributed by atoms with Gasteiger partial charge in [0.25, 0.3) is 5.91 Å². The molecule has 1 aromatic heterocycles. The van der Waals surface area contributed by atoms with E-state index in [-0.39, 0.29) is 54.7 Å². The van der Waals surface area contributed by atoms with Gasteiger partial charge in [-0.3, -0.25) is 43.8 Å². The van der Waals surface area contributed by atoms with E-state index in [0.717, 1.165) is 31.4 Å². The summed E-state index contributed by atoms with van der Waals surface area (Å²) in [5.74, 6) is -1.86. The normalized spacial score (nSPS) is 11.0.